The summed E-state index contributed by atoms with van der Waals surface area (Å²) in [5, 5.41) is 9.87. The Morgan fingerprint density at radius 1 is 1.62 bits per heavy atom. The van der Waals surface area contributed by atoms with Gasteiger partial charge in [0.1, 0.15) is 5.82 Å². The number of β-amino-alcohol motifs (C(OH)–C–C–N with tert-alkyl or cyclic N) is 1. The highest BCUT2D eigenvalue weighted by Gasteiger charge is 2.31. The Labute approximate surface area is 94.9 Å². The highest BCUT2D eigenvalue weighted by atomic mass is 16.3. The normalized spacial score (nSPS) is 24.8. The molecule has 1 unspecified atom stereocenters. The molecule has 1 fully saturated rings. The van der Waals surface area contributed by atoms with Crippen molar-refractivity contribution in [2.75, 3.05) is 18.0 Å². The van der Waals surface area contributed by atoms with Gasteiger partial charge in [-0.2, -0.15) is 0 Å². The topological polar surface area (TPSA) is 53.4 Å². The highest BCUT2D eigenvalue weighted by Crippen LogP contribution is 2.25. The second kappa shape index (κ2) is 3.87. The Hall–Kier alpha value is -1.42. The molecule has 4 nitrogen and oxygen atoms in total. The SMILES string of the molecule is CC(=O)c1ccnc(N2CCC(C)(O)C2)c1. The first-order valence-corrected chi connectivity index (χ1v) is 5.42. The van der Waals surface area contributed by atoms with Gasteiger partial charge in [0.05, 0.1) is 5.60 Å². The van der Waals surface area contributed by atoms with Crippen LogP contribution in [0.25, 0.3) is 0 Å². The number of aromatic nitrogens is 1. The lowest BCUT2D eigenvalue weighted by atomic mass is 10.1. The van der Waals surface area contributed by atoms with Crippen molar-refractivity contribution in [1.82, 2.24) is 4.98 Å². The fourth-order valence-corrected chi connectivity index (χ4v) is 1.95. The Morgan fingerprint density at radius 2 is 2.38 bits per heavy atom. The van der Waals surface area contributed by atoms with Crippen molar-refractivity contribution in [2.24, 2.45) is 0 Å². The fourth-order valence-electron chi connectivity index (χ4n) is 1.95. The van der Waals surface area contributed by atoms with Crippen molar-refractivity contribution < 1.29 is 9.90 Å². The second-order valence-electron chi connectivity index (χ2n) is 4.63. The molecule has 1 N–H and O–H groups in total. The summed E-state index contributed by atoms with van der Waals surface area (Å²) in [5.41, 5.74) is 0.0185. The van der Waals surface area contributed by atoms with Crippen LogP contribution in [0.15, 0.2) is 18.3 Å². The monoisotopic (exact) mass is 220 g/mol. The van der Waals surface area contributed by atoms with E-state index >= 15 is 0 Å². The summed E-state index contributed by atoms with van der Waals surface area (Å²) < 4.78 is 0. The van der Waals surface area contributed by atoms with E-state index < -0.39 is 5.60 Å². The zero-order chi connectivity index (χ0) is 11.8. The number of hydrogen-bond acceptors (Lipinski definition) is 4. The van der Waals surface area contributed by atoms with E-state index in [0.717, 1.165) is 18.8 Å². The third-order valence-corrected chi connectivity index (χ3v) is 2.93. The van der Waals surface area contributed by atoms with Crippen LogP contribution in [-0.4, -0.2) is 34.6 Å². The Balaban J connectivity index is 2.22. The number of Topliss-reactive ketones (excluding diaryl/α,β-unsaturated/α-hetero) is 1. The number of pyridine rings is 1. The number of carbonyl (C=O) groups excluding carboxylic acids is 1. The van der Waals surface area contributed by atoms with Crippen molar-refractivity contribution in [3.8, 4) is 0 Å². The minimum absolute atomic E-state index is 0.0367. The van der Waals surface area contributed by atoms with E-state index in [-0.39, 0.29) is 5.78 Å². The van der Waals surface area contributed by atoms with Crippen LogP contribution in [-0.2, 0) is 0 Å². The van der Waals surface area contributed by atoms with Gasteiger partial charge in [-0.1, -0.05) is 0 Å². The Kier molecular flexibility index (Phi) is 2.68. The van der Waals surface area contributed by atoms with Gasteiger partial charge in [-0.15, -0.1) is 0 Å². The molecule has 1 saturated heterocycles. The molecule has 4 heteroatoms. The van der Waals surface area contributed by atoms with Crippen molar-refractivity contribution >= 4 is 11.6 Å². The summed E-state index contributed by atoms with van der Waals surface area (Å²) in [5.74, 6) is 0.806. The number of hydrogen-bond donors (Lipinski definition) is 1. The third kappa shape index (κ3) is 2.22. The van der Waals surface area contributed by atoms with Crippen molar-refractivity contribution in [2.45, 2.75) is 25.9 Å². The van der Waals surface area contributed by atoms with Crippen LogP contribution < -0.4 is 4.90 Å². The van der Waals surface area contributed by atoms with Crippen molar-refractivity contribution in [3.05, 3.63) is 23.9 Å². The maximum absolute atomic E-state index is 11.2. The number of carbonyl (C=O) groups is 1. The van der Waals surface area contributed by atoms with Gasteiger partial charge in [0.2, 0.25) is 0 Å². The van der Waals surface area contributed by atoms with Crippen LogP contribution in [0, 0.1) is 0 Å². The van der Waals surface area contributed by atoms with Gasteiger partial charge in [0, 0.05) is 24.8 Å². The third-order valence-electron chi connectivity index (χ3n) is 2.93. The first-order valence-electron chi connectivity index (χ1n) is 5.42. The standard InChI is InChI=1S/C12H16N2O2/c1-9(15)10-3-5-13-11(7-10)14-6-4-12(2,16)8-14/h3,5,7,16H,4,6,8H2,1-2H3. The van der Waals surface area contributed by atoms with E-state index in [0.29, 0.717) is 12.1 Å². The summed E-state index contributed by atoms with van der Waals surface area (Å²) in [4.78, 5) is 17.5. The van der Waals surface area contributed by atoms with E-state index in [4.69, 9.17) is 0 Å². The molecule has 1 aromatic heterocycles. The average Bonchev–Trinajstić information content (AvgIpc) is 2.59. The molecule has 0 saturated carbocycles. The van der Waals surface area contributed by atoms with E-state index in [2.05, 4.69) is 4.98 Å². The lowest BCUT2D eigenvalue weighted by Crippen LogP contribution is -2.30. The van der Waals surface area contributed by atoms with Gasteiger partial charge < -0.3 is 10.0 Å². The van der Waals surface area contributed by atoms with Gasteiger partial charge in [-0.05, 0) is 32.4 Å². The Morgan fingerprint density at radius 3 is 2.94 bits per heavy atom. The van der Waals surface area contributed by atoms with Gasteiger partial charge in [0.15, 0.2) is 5.78 Å². The molecule has 86 valence electrons. The first-order chi connectivity index (χ1) is 7.48. The summed E-state index contributed by atoms with van der Waals surface area (Å²) in [7, 11) is 0. The average molecular weight is 220 g/mol. The predicted octanol–water partition coefficient (Wildman–Crippen LogP) is 1.25. The van der Waals surface area contributed by atoms with Crippen LogP contribution in [0.5, 0.6) is 0 Å². The van der Waals surface area contributed by atoms with Crippen molar-refractivity contribution in [3.63, 3.8) is 0 Å². The molecule has 0 radical (unpaired) electrons. The van der Waals surface area contributed by atoms with Crippen LogP contribution in [0.4, 0.5) is 5.82 Å². The molecule has 0 bridgehead atoms. The predicted molar refractivity (Wildman–Crippen MR) is 61.7 cm³/mol. The van der Waals surface area contributed by atoms with E-state index in [1.165, 1.54) is 0 Å². The summed E-state index contributed by atoms with van der Waals surface area (Å²) >= 11 is 0. The summed E-state index contributed by atoms with van der Waals surface area (Å²) in [6.07, 6.45) is 2.37. The maximum atomic E-state index is 11.2. The number of rotatable bonds is 2. The lowest BCUT2D eigenvalue weighted by molar-refractivity contribution is 0.0839. The first kappa shape index (κ1) is 11.1. The Bertz CT molecular complexity index is 415. The van der Waals surface area contributed by atoms with E-state index in [1.54, 1.807) is 25.3 Å². The fraction of sp³-hybridized carbons (Fsp3) is 0.500. The molecular weight excluding hydrogens is 204 g/mol. The molecule has 2 rings (SSSR count). The minimum atomic E-state index is -0.645. The number of aliphatic hydroxyl groups is 1. The summed E-state index contributed by atoms with van der Waals surface area (Å²) in [6, 6.07) is 3.49. The van der Waals surface area contributed by atoms with Crippen LogP contribution in [0.2, 0.25) is 0 Å². The van der Waals surface area contributed by atoms with Crippen LogP contribution >= 0.6 is 0 Å². The smallest absolute Gasteiger partial charge is 0.159 e. The second-order valence-corrected chi connectivity index (χ2v) is 4.63. The maximum Gasteiger partial charge on any atom is 0.159 e. The summed E-state index contributed by atoms with van der Waals surface area (Å²) in [6.45, 7) is 4.71. The quantitative estimate of drug-likeness (QED) is 0.762. The molecule has 0 spiro atoms. The molecule has 1 aliphatic rings. The van der Waals surface area contributed by atoms with Gasteiger partial charge >= 0.3 is 0 Å². The van der Waals surface area contributed by atoms with Gasteiger partial charge in [-0.3, -0.25) is 4.79 Å². The minimum Gasteiger partial charge on any atom is -0.388 e. The van der Waals surface area contributed by atoms with Crippen molar-refractivity contribution in [1.29, 1.82) is 0 Å². The molecule has 1 atom stereocenters. The molecule has 0 aromatic carbocycles. The molecule has 16 heavy (non-hydrogen) atoms. The lowest BCUT2D eigenvalue weighted by Gasteiger charge is -2.20. The number of anilines is 1. The molecular formula is C12H16N2O2. The van der Waals surface area contributed by atoms with E-state index in [9.17, 15) is 9.90 Å². The molecule has 0 amide bonds. The van der Waals surface area contributed by atoms with Crippen LogP contribution in [0.1, 0.15) is 30.6 Å². The largest absolute Gasteiger partial charge is 0.388 e. The molecule has 0 aliphatic carbocycles. The molecule has 1 aliphatic heterocycles. The molecule has 1 aromatic rings. The number of ketones is 1. The molecule has 2 heterocycles. The highest BCUT2D eigenvalue weighted by molar-refractivity contribution is 5.94. The van der Waals surface area contributed by atoms with Gasteiger partial charge in [-0.25, -0.2) is 4.98 Å². The zero-order valence-corrected chi connectivity index (χ0v) is 9.60. The number of nitrogens with zero attached hydrogens (tertiary/aromatic N) is 2. The zero-order valence-electron chi connectivity index (χ0n) is 9.60. The van der Waals surface area contributed by atoms with Crippen LogP contribution in [0.3, 0.4) is 0 Å². The van der Waals surface area contributed by atoms with Gasteiger partial charge in [0.25, 0.3) is 0 Å². The van der Waals surface area contributed by atoms with E-state index in [1.807, 2.05) is 11.8 Å².